The Morgan fingerprint density at radius 3 is 2.53 bits per heavy atom. The summed E-state index contributed by atoms with van der Waals surface area (Å²) in [5.41, 5.74) is 6.92. The van der Waals surface area contributed by atoms with Crippen LogP contribution in [0, 0.1) is 0 Å². The fourth-order valence-electron chi connectivity index (χ4n) is 4.74. The molecule has 4 N–H and O–H groups in total. The highest BCUT2D eigenvalue weighted by atomic mass is 16.3. The van der Waals surface area contributed by atoms with Crippen LogP contribution < -0.4 is 11.1 Å². The average Bonchev–Trinajstić information content (AvgIpc) is 3.41. The van der Waals surface area contributed by atoms with Crippen molar-refractivity contribution in [2.45, 2.75) is 37.6 Å². The normalized spacial score (nSPS) is 16.9. The van der Waals surface area contributed by atoms with Gasteiger partial charge in [0.25, 0.3) is 5.91 Å². The van der Waals surface area contributed by atoms with Crippen LogP contribution in [-0.4, -0.2) is 71.1 Å². The van der Waals surface area contributed by atoms with Crippen molar-refractivity contribution in [3.8, 4) is 0 Å². The molecule has 0 aliphatic carbocycles. The highest BCUT2D eigenvalue weighted by Crippen LogP contribution is 2.26. The Balaban J connectivity index is 1.63. The number of aliphatic hydroxyl groups excluding tert-OH is 1. The maximum Gasteiger partial charge on any atom is 0.255 e. The van der Waals surface area contributed by atoms with Gasteiger partial charge < -0.3 is 26.0 Å². The van der Waals surface area contributed by atoms with Crippen LogP contribution >= 0.6 is 0 Å². The zero-order chi connectivity index (χ0) is 25.5. The molecule has 3 amide bonds. The first-order valence-electron chi connectivity index (χ1n) is 12.2. The number of benzene rings is 3. The molecule has 1 saturated heterocycles. The molecule has 188 valence electrons. The Morgan fingerprint density at radius 2 is 1.81 bits per heavy atom. The van der Waals surface area contributed by atoms with Crippen LogP contribution in [0.3, 0.4) is 0 Å². The molecular formula is C28H32N4O4. The fraction of sp³-hybridized carbons (Fsp3) is 0.321. The number of carbonyl (C=O) groups is 3. The van der Waals surface area contributed by atoms with Gasteiger partial charge in [0.1, 0.15) is 12.2 Å². The van der Waals surface area contributed by atoms with Gasteiger partial charge in [-0.25, -0.2) is 0 Å². The number of hydrogen-bond donors (Lipinski definition) is 3. The molecule has 4 rings (SSSR count). The van der Waals surface area contributed by atoms with E-state index in [2.05, 4.69) is 5.32 Å². The first-order chi connectivity index (χ1) is 17.5. The molecule has 36 heavy (non-hydrogen) atoms. The number of amides is 3. The number of nitrogens with zero attached hydrogens (tertiary/aromatic N) is 2. The van der Waals surface area contributed by atoms with Gasteiger partial charge in [-0.2, -0.15) is 0 Å². The predicted octanol–water partition coefficient (Wildman–Crippen LogP) is 1.91. The van der Waals surface area contributed by atoms with Crippen LogP contribution in [0.4, 0.5) is 0 Å². The van der Waals surface area contributed by atoms with Gasteiger partial charge in [0.15, 0.2) is 0 Å². The van der Waals surface area contributed by atoms with Crippen LogP contribution in [0.15, 0.2) is 72.8 Å². The van der Waals surface area contributed by atoms with Gasteiger partial charge in [-0.1, -0.05) is 60.7 Å². The van der Waals surface area contributed by atoms with E-state index in [0.717, 1.165) is 22.8 Å². The summed E-state index contributed by atoms with van der Waals surface area (Å²) >= 11 is 0. The third-order valence-corrected chi connectivity index (χ3v) is 6.66. The second-order valence-electron chi connectivity index (χ2n) is 9.08. The Hall–Kier alpha value is -3.75. The highest BCUT2D eigenvalue weighted by molar-refractivity contribution is 5.95. The largest absolute Gasteiger partial charge is 0.390 e. The van der Waals surface area contributed by atoms with Gasteiger partial charge in [-0.3, -0.25) is 14.4 Å². The topological polar surface area (TPSA) is 116 Å². The molecule has 0 saturated carbocycles. The van der Waals surface area contributed by atoms with Crippen molar-refractivity contribution in [3.63, 3.8) is 0 Å². The van der Waals surface area contributed by atoms with E-state index in [1.807, 2.05) is 48.5 Å². The fourth-order valence-corrected chi connectivity index (χ4v) is 4.74. The first-order valence-corrected chi connectivity index (χ1v) is 12.2. The minimum atomic E-state index is -0.886. The Labute approximate surface area is 210 Å². The van der Waals surface area contributed by atoms with Crippen LogP contribution in [0.1, 0.15) is 28.8 Å². The molecule has 0 bridgehead atoms. The van der Waals surface area contributed by atoms with Crippen molar-refractivity contribution in [2.24, 2.45) is 5.73 Å². The van der Waals surface area contributed by atoms with Gasteiger partial charge in [0.2, 0.25) is 12.3 Å². The third kappa shape index (κ3) is 5.72. The molecule has 1 heterocycles. The number of hydrogen-bond acceptors (Lipinski definition) is 5. The predicted molar refractivity (Wildman–Crippen MR) is 138 cm³/mol. The van der Waals surface area contributed by atoms with Crippen molar-refractivity contribution in [1.29, 1.82) is 0 Å². The molecule has 0 radical (unpaired) electrons. The number of carbonyl (C=O) groups excluding carboxylic acids is 3. The van der Waals surface area contributed by atoms with E-state index in [0.29, 0.717) is 24.9 Å². The lowest BCUT2D eigenvalue weighted by molar-refractivity contribution is -0.137. The van der Waals surface area contributed by atoms with Gasteiger partial charge in [0.05, 0.1) is 6.10 Å². The molecule has 8 heteroatoms. The van der Waals surface area contributed by atoms with Crippen LogP contribution in [0.25, 0.3) is 10.8 Å². The van der Waals surface area contributed by atoms with Gasteiger partial charge in [-0.15, -0.1) is 0 Å². The van der Waals surface area contributed by atoms with Gasteiger partial charge in [0, 0.05) is 31.6 Å². The molecular weight excluding hydrogens is 456 g/mol. The standard InChI is InChI=1S/C28H32N4O4/c29-17-24(34)18-30-27(35)25(16-20-12-13-21-7-4-5-10-23(21)15-20)32(19-33)26-11-6-14-31(26)28(36)22-8-2-1-3-9-22/h1-5,7-10,12-13,15,19,24-26,34H,6,11,14,16-18,29H2,(H,30,35)/t24?,25-,26?/m1/s1. The molecule has 0 spiro atoms. The summed E-state index contributed by atoms with van der Waals surface area (Å²) in [4.78, 5) is 42.2. The lowest BCUT2D eigenvalue weighted by atomic mass is 9.99. The molecule has 3 aromatic rings. The summed E-state index contributed by atoms with van der Waals surface area (Å²) in [5, 5.41) is 14.7. The molecule has 0 aromatic heterocycles. The van der Waals surface area contributed by atoms with Gasteiger partial charge in [-0.05, 0) is 41.3 Å². The first kappa shape index (κ1) is 25.3. The molecule has 3 aromatic carbocycles. The number of nitrogens with one attached hydrogen (secondary N) is 1. The lowest BCUT2D eigenvalue weighted by Crippen LogP contribution is -2.57. The Kier molecular flexibility index (Phi) is 8.30. The van der Waals surface area contributed by atoms with Crippen molar-refractivity contribution in [1.82, 2.24) is 15.1 Å². The number of aliphatic hydroxyl groups is 1. The van der Waals surface area contributed by atoms with E-state index in [1.54, 1.807) is 29.2 Å². The zero-order valence-corrected chi connectivity index (χ0v) is 20.1. The molecule has 3 atom stereocenters. The van der Waals surface area contributed by atoms with Gasteiger partial charge >= 0.3 is 0 Å². The maximum absolute atomic E-state index is 13.4. The van der Waals surface area contributed by atoms with Crippen molar-refractivity contribution >= 4 is 29.0 Å². The highest BCUT2D eigenvalue weighted by Gasteiger charge is 2.39. The quantitative estimate of drug-likeness (QED) is 0.377. The van der Waals surface area contributed by atoms with E-state index in [4.69, 9.17) is 5.73 Å². The minimum Gasteiger partial charge on any atom is -0.390 e. The number of rotatable bonds is 10. The Bertz CT molecular complexity index is 1200. The van der Waals surface area contributed by atoms with E-state index in [-0.39, 0.29) is 25.4 Å². The smallest absolute Gasteiger partial charge is 0.255 e. The average molecular weight is 489 g/mol. The maximum atomic E-state index is 13.4. The van der Waals surface area contributed by atoms with E-state index < -0.39 is 24.2 Å². The van der Waals surface area contributed by atoms with Crippen LogP contribution in [-0.2, 0) is 16.0 Å². The SMILES string of the molecule is NCC(O)CNC(=O)[C@@H](Cc1ccc2ccccc2c1)N(C=O)C1CCCN1C(=O)c1ccccc1. The van der Waals surface area contributed by atoms with E-state index in [9.17, 15) is 19.5 Å². The summed E-state index contributed by atoms with van der Waals surface area (Å²) in [6, 6.07) is 21.9. The van der Waals surface area contributed by atoms with Crippen molar-refractivity contribution in [3.05, 3.63) is 83.9 Å². The second kappa shape index (κ2) is 11.8. The minimum absolute atomic E-state index is 0.00892. The summed E-state index contributed by atoms with van der Waals surface area (Å²) in [5.74, 6) is -0.574. The lowest BCUT2D eigenvalue weighted by Gasteiger charge is -2.37. The summed E-state index contributed by atoms with van der Waals surface area (Å²) in [7, 11) is 0. The number of fused-ring (bicyclic) bond motifs is 1. The van der Waals surface area contributed by atoms with Crippen LogP contribution in [0.2, 0.25) is 0 Å². The summed E-state index contributed by atoms with van der Waals surface area (Å²) in [6.45, 7) is 0.488. The van der Waals surface area contributed by atoms with Crippen molar-refractivity contribution in [2.75, 3.05) is 19.6 Å². The molecule has 1 fully saturated rings. The van der Waals surface area contributed by atoms with Crippen LogP contribution in [0.5, 0.6) is 0 Å². The number of likely N-dealkylation sites (tertiary alicyclic amines) is 1. The van der Waals surface area contributed by atoms with E-state index >= 15 is 0 Å². The monoisotopic (exact) mass is 488 g/mol. The molecule has 1 aliphatic rings. The second-order valence-corrected chi connectivity index (χ2v) is 9.08. The molecule has 8 nitrogen and oxygen atoms in total. The number of nitrogens with two attached hydrogens (primary N) is 1. The molecule has 2 unspecified atom stereocenters. The summed E-state index contributed by atoms with van der Waals surface area (Å²) in [6.07, 6.45) is 0.784. The molecule has 1 aliphatic heterocycles. The summed E-state index contributed by atoms with van der Waals surface area (Å²) < 4.78 is 0. The Morgan fingerprint density at radius 1 is 1.08 bits per heavy atom. The zero-order valence-electron chi connectivity index (χ0n) is 20.1. The van der Waals surface area contributed by atoms with E-state index in [1.165, 1.54) is 4.90 Å². The van der Waals surface area contributed by atoms with Crippen molar-refractivity contribution < 1.29 is 19.5 Å². The third-order valence-electron chi connectivity index (χ3n) is 6.66.